The summed E-state index contributed by atoms with van der Waals surface area (Å²) < 4.78 is 11.5. The molecule has 1 N–H and O–H groups in total. The number of carboxylic acids is 1. The summed E-state index contributed by atoms with van der Waals surface area (Å²) in [7, 11) is 0. The molecule has 0 spiro atoms. The van der Waals surface area contributed by atoms with E-state index in [2.05, 4.69) is 32.6 Å². The maximum atomic E-state index is 11.7. The van der Waals surface area contributed by atoms with Crippen LogP contribution in [0, 0.1) is 5.41 Å². The molecule has 2 rings (SSSR count). The molecule has 2 saturated heterocycles. The van der Waals surface area contributed by atoms with Gasteiger partial charge in [0.25, 0.3) is 0 Å². The Kier molecular flexibility index (Phi) is 4.15. The van der Waals surface area contributed by atoms with Gasteiger partial charge in [0, 0.05) is 26.2 Å². The Bertz CT molecular complexity index is 356. The number of morpholine rings is 1. The van der Waals surface area contributed by atoms with Crippen molar-refractivity contribution in [2.24, 2.45) is 5.41 Å². The minimum absolute atomic E-state index is 0.253. The molecule has 1 atom stereocenters. The molecule has 0 radical (unpaired) electrons. The second kappa shape index (κ2) is 5.28. The van der Waals surface area contributed by atoms with Crippen LogP contribution in [0.3, 0.4) is 0 Å². The Morgan fingerprint density at radius 3 is 2.25 bits per heavy atom. The summed E-state index contributed by atoms with van der Waals surface area (Å²) in [6.45, 7) is 11.3. The smallest absolute Gasteiger partial charge is 0.313 e. The third-order valence-electron chi connectivity index (χ3n) is 4.06. The summed E-state index contributed by atoms with van der Waals surface area (Å²) in [4.78, 5) is 14.0. The van der Waals surface area contributed by atoms with Gasteiger partial charge in [-0.1, -0.05) is 0 Å². The summed E-state index contributed by atoms with van der Waals surface area (Å²) in [5, 5.41) is 9.64. The van der Waals surface area contributed by atoms with Crippen LogP contribution in [0.1, 0.15) is 40.5 Å². The summed E-state index contributed by atoms with van der Waals surface area (Å²) in [6.07, 6.45) is 1.52. The predicted octanol–water partition coefficient (Wildman–Crippen LogP) is 1.76. The Morgan fingerprint density at radius 2 is 1.80 bits per heavy atom. The van der Waals surface area contributed by atoms with Crippen molar-refractivity contribution in [3.63, 3.8) is 0 Å². The number of ether oxygens (including phenoxy) is 2. The minimum atomic E-state index is -0.762. The van der Waals surface area contributed by atoms with Crippen molar-refractivity contribution in [2.45, 2.75) is 51.7 Å². The van der Waals surface area contributed by atoms with E-state index in [1.807, 2.05) is 0 Å². The third-order valence-corrected chi connectivity index (χ3v) is 4.06. The van der Waals surface area contributed by atoms with Gasteiger partial charge in [0.1, 0.15) is 5.41 Å². The third kappa shape index (κ3) is 3.51. The highest BCUT2D eigenvalue weighted by atomic mass is 16.5. The molecule has 0 aromatic carbocycles. The molecule has 0 amide bonds. The predicted molar refractivity (Wildman–Crippen MR) is 75.8 cm³/mol. The van der Waals surface area contributed by atoms with E-state index < -0.39 is 11.4 Å². The molecular formula is C15H27NO4. The average Bonchev–Trinajstić information content (AvgIpc) is 2.25. The minimum Gasteiger partial charge on any atom is -0.481 e. The molecule has 2 heterocycles. The number of hydrogen-bond acceptors (Lipinski definition) is 4. The molecule has 2 fully saturated rings. The first kappa shape index (κ1) is 15.7. The lowest BCUT2D eigenvalue weighted by Crippen LogP contribution is -2.60. The number of hydrogen-bond donors (Lipinski definition) is 1. The zero-order valence-electron chi connectivity index (χ0n) is 13.1. The SMILES string of the molecule is CC1(C)CN(CC2(C(=O)O)CCCOC2)CC(C)(C)O1. The molecule has 0 aromatic rings. The Morgan fingerprint density at radius 1 is 1.20 bits per heavy atom. The fraction of sp³-hybridized carbons (Fsp3) is 0.933. The standard InChI is InChI=1S/C15H27NO4/c1-13(2)8-16(9-14(3,4)20-13)10-15(12(17)18)6-5-7-19-11-15/h5-11H2,1-4H3,(H,17,18). The Hall–Kier alpha value is -0.650. The van der Waals surface area contributed by atoms with Crippen molar-refractivity contribution in [3.8, 4) is 0 Å². The van der Waals surface area contributed by atoms with Gasteiger partial charge in [0.15, 0.2) is 0 Å². The fourth-order valence-electron chi connectivity index (χ4n) is 3.70. The molecule has 20 heavy (non-hydrogen) atoms. The highest BCUT2D eigenvalue weighted by molar-refractivity contribution is 5.75. The first-order valence-corrected chi connectivity index (χ1v) is 7.38. The average molecular weight is 285 g/mol. The van der Waals surface area contributed by atoms with E-state index in [9.17, 15) is 9.90 Å². The molecule has 116 valence electrons. The van der Waals surface area contributed by atoms with Gasteiger partial charge < -0.3 is 14.6 Å². The van der Waals surface area contributed by atoms with Gasteiger partial charge in [-0.3, -0.25) is 9.69 Å². The first-order chi connectivity index (χ1) is 9.14. The van der Waals surface area contributed by atoms with Crippen LogP contribution in [0.15, 0.2) is 0 Å². The maximum Gasteiger partial charge on any atom is 0.313 e. The van der Waals surface area contributed by atoms with Crippen LogP contribution in [-0.4, -0.2) is 60.0 Å². The number of nitrogens with zero attached hydrogens (tertiary/aromatic N) is 1. The fourth-order valence-corrected chi connectivity index (χ4v) is 3.70. The summed E-state index contributed by atoms with van der Waals surface area (Å²) in [5.41, 5.74) is -1.27. The highest BCUT2D eigenvalue weighted by Gasteiger charge is 2.46. The maximum absolute atomic E-state index is 11.7. The lowest BCUT2D eigenvalue weighted by Gasteiger charge is -2.49. The van der Waals surface area contributed by atoms with Crippen LogP contribution in [0.25, 0.3) is 0 Å². The number of carbonyl (C=O) groups is 1. The molecule has 2 aliphatic rings. The zero-order chi connectivity index (χ0) is 15.0. The van der Waals surface area contributed by atoms with Crippen molar-refractivity contribution in [1.82, 2.24) is 4.90 Å². The van der Waals surface area contributed by atoms with Crippen molar-refractivity contribution < 1.29 is 19.4 Å². The van der Waals surface area contributed by atoms with Crippen molar-refractivity contribution in [3.05, 3.63) is 0 Å². The largest absolute Gasteiger partial charge is 0.481 e. The quantitative estimate of drug-likeness (QED) is 0.856. The monoisotopic (exact) mass is 285 g/mol. The van der Waals surface area contributed by atoms with Gasteiger partial charge in [-0.15, -0.1) is 0 Å². The lowest BCUT2D eigenvalue weighted by atomic mass is 9.81. The molecule has 0 bridgehead atoms. The van der Waals surface area contributed by atoms with Crippen LogP contribution in [-0.2, 0) is 14.3 Å². The van der Waals surface area contributed by atoms with Crippen LogP contribution >= 0.6 is 0 Å². The van der Waals surface area contributed by atoms with E-state index in [4.69, 9.17) is 9.47 Å². The number of carboxylic acid groups (broad SMARTS) is 1. The van der Waals surface area contributed by atoms with E-state index in [-0.39, 0.29) is 11.2 Å². The van der Waals surface area contributed by atoms with Crippen molar-refractivity contribution >= 4 is 5.97 Å². The van der Waals surface area contributed by atoms with E-state index >= 15 is 0 Å². The van der Waals surface area contributed by atoms with E-state index in [1.54, 1.807) is 0 Å². The highest BCUT2D eigenvalue weighted by Crippen LogP contribution is 2.34. The van der Waals surface area contributed by atoms with E-state index in [1.165, 1.54) is 0 Å². The molecule has 2 aliphatic heterocycles. The normalized spacial score (nSPS) is 33.8. The molecule has 0 saturated carbocycles. The zero-order valence-corrected chi connectivity index (χ0v) is 13.1. The van der Waals surface area contributed by atoms with E-state index in [0.29, 0.717) is 26.2 Å². The van der Waals surface area contributed by atoms with Gasteiger partial charge in [0.05, 0.1) is 17.8 Å². The van der Waals surface area contributed by atoms with Crippen molar-refractivity contribution in [2.75, 3.05) is 32.8 Å². The van der Waals surface area contributed by atoms with Crippen LogP contribution in [0.4, 0.5) is 0 Å². The molecule has 0 aliphatic carbocycles. The summed E-state index contributed by atoms with van der Waals surface area (Å²) in [5.74, 6) is -0.737. The molecule has 5 nitrogen and oxygen atoms in total. The van der Waals surface area contributed by atoms with Gasteiger partial charge in [-0.25, -0.2) is 0 Å². The van der Waals surface area contributed by atoms with Gasteiger partial charge in [-0.2, -0.15) is 0 Å². The van der Waals surface area contributed by atoms with Crippen LogP contribution in [0.5, 0.6) is 0 Å². The topological polar surface area (TPSA) is 59.0 Å². The second-order valence-corrected chi connectivity index (χ2v) is 7.51. The molecular weight excluding hydrogens is 258 g/mol. The summed E-state index contributed by atoms with van der Waals surface area (Å²) >= 11 is 0. The van der Waals surface area contributed by atoms with Gasteiger partial charge in [-0.05, 0) is 40.5 Å². The molecule has 0 aromatic heterocycles. The summed E-state index contributed by atoms with van der Waals surface area (Å²) in [6, 6.07) is 0. The first-order valence-electron chi connectivity index (χ1n) is 7.38. The Labute approximate surface area is 121 Å². The van der Waals surface area contributed by atoms with Gasteiger partial charge >= 0.3 is 5.97 Å². The van der Waals surface area contributed by atoms with E-state index in [0.717, 1.165) is 19.5 Å². The van der Waals surface area contributed by atoms with Crippen LogP contribution < -0.4 is 0 Å². The number of rotatable bonds is 3. The van der Waals surface area contributed by atoms with Gasteiger partial charge in [0.2, 0.25) is 0 Å². The second-order valence-electron chi connectivity index (χ2n) is 7.51. The number of aliphatic carboxylic acids is 1. The molecule has 5 heteroatoms. The van der Waals surface area contributed by atoms with Crippen LogP contribution in [0.2, 0.25) is 0 Å². The lowest BCUT2D eigenvalue weighted by molar-refractivity contribution is -0.193. The molecule has 1 unspecified atom stereocenters. The Balaban J connectivity index is 2.12. The van der Waals surface area contributed by atoms with Crippen molar-refractivity contribution in [1.29, 1.82) is 0 Å².